The molecule has 76 valence electrons. The lowest BCUT2D eigenvalue weighted by atomic mass is 9.47. The topological polar surface area (TPSA) is 0 Å². The molecule has 0 heterocycles. The van der Waals surface area contributed by atoms with Gasteiger partial charge in [0.25, 0.3) is 0 Å². The summed E-state index contributed by atoms with van der Waals surface area (Å²) in [5, 5.41) is -0.519. The van der Waals surface area contributed by atoms with Gasteiger partial charge in [-0.3, -0.25) is 0 Å². The number of hydrogen-bond acceptors (Lipinski definition) is 0. The Labute approximate surface area is 92.4 Å². The lowest BCUT2D eigenvalue weighted by Crippen LogP contribution is -2.27. The van der Waals surface area contributed by atoms with E-state index < -0.39 is 5.21 Å². The van der Waals surface area contributed by atoms with Crippen LogP contribution in [0.1, 0.15) is 52.9 Å². The zero-order valence-corrected chi connectivity index (χ0v) is 9.97. The van der Waals surface area contributed by atoms with Gasteiger partial charge in [-0.05, 0) is 11.8 Å². The van der Waals surface area contributed by atoms with Crippen LogP contribution in [0.5, 0.6) is 0 Å². The summed E-state index contributed by atoms with van der Waals surface area (Å²) < 4.78 is 0. The molecule has 2 heteroatoms. The zero-order valence-electron chi connectivity index (χ0n) is 9.97. The highest BCUT2D eigenvalue weighted by molar-refractivity contribution is 6.39. The highest BCUT2D eigenvalue weighted by Gasteiger charge is 2.30. The molecule has 0 aliphatic rings. The van der Waals surface area contributed by atoms with Gasteiger partial charge in [0.15, 0.2) is 0 Å². The fourth-order valence-corrected chi connectivity index (χ4v) is 1.99. The summed E-state index contributed by atoms with van der Waals surface area (Å²) in [6, 6.07) is 0. The first kappa shape index (κ1) is 13.9. The normalized spacial score (nSPS) is 12.8. The van der Waals surface area contributed by atoms with Crippen molar-refractivity contribution in [1.29, 1.82) is 0 Å². The van der Waals surface area contributed by atoms with Crippen molar-refractivity contribution in [3.63, 3.8) is 0 Å². The Morgan fingerprint density at radius 1 is 1.07 bits per heavy atom. The molecule has 0 bridgehead atoms. The van der Waals surface area contributed by atoms with Gasteiger partial charge in [0.05, 0.1) is 15.7 Å². The smallest absolute Gasteiger partial charge is 0.0620 e. The maximum atomic E-state index is 6.03. The predicted octanol–water partition coefficient (Wildman–Crippen LogP) is 3.62. The first-order chi connectivity index (χ1) is 6.45. The monoisotopic (exact) mass is 188 g/mol. The van der Waals surface area contributed by atoms with Gasteiger partial charge in [-0.15, -0.1) is 6.58 Å². The molecule has 0 amide bonds. The molecule has 0 fully saturated rings. The van der Waals surface area contributed by atoms with Crippen molar-refractivity contribution in [2.75, 3.05) is 0 Å². The summed E-state index contributed by atoms with van der Waals surface area (Å²) in [4.78, 5) is 0. The second kappa shape index (κ2) is 5.68. The van der Waals surface area contributed by atoms with Crippen molar-refractivity contribution in [2.45, 2.75) is 58.1 Å². The van der Waals surface area contributed by atoms with Crippen molar-refractivity contribution in [3.8, 4) is 0 Å². The van der Waals surface area contributed by atoms with Crippen LogP contribution in [0.15, 0.2) is 12.7 Å². The van der Waals surface area contributed by atoms with E-state index >= 15 is 0 Å². The minimum absolute atomic E-state index is 0.251. The first-order valence-electron chi connectivity index (χ1n) is 5.64. The largest absolute Gasteiger partial charge is 0.103 e. The van der Waals surface area contributed by atoms with E-state index in [4.69, 9.17) is 15.7 Å². The molecule has 0 aromatic rings. The molecular formula is C12H22B2. The number of rotatable bonds is 7. The highest BCUT2D eigenvalue weighted by atomic mass is 14.3. The third-order valence-corrected chi connectivity index (χ3v) is 3.44. The van der Waals surface area contributed by atoms with E-state index in [9.17, 15) is 0 Å². The first-order valence-corrected chi connectivity index (χ1v) is 5.64. The van der Waals surface area contributed by atoms with Gasteiger partial charge in [0, 0.05) is 0 Å². The summed E-state index contributed by atoms with van der Waals surface area (Å²) in [6.45, 7) is 10.3. The fraction of sp³-hybridized carbons (Fsp3) is 0.833. The maximum absolute atomic E-state index is 6.03. The van der Waals surface area contributed by atoms with Crippen molar-refractivity contribution >= 4 is 15.7 Å². The van der Waals surface area contributed by atoms with Crippen LogP contribution in [-0.2, 0) is 0 Å². The number of hydrogen-bond donors (Lipinski definition) is 0. The lowest BCUT2D eigenvalue weighted by molar-refractivity contribution is 0.226. The molecule has 0 aromatic heterocycles. The Balaban J connectivity index is 4.56. The summed E-state index contributed by atoms with van der Waals surface area (Å²) in [6.07, 6.45) is 6.94. The van der Waals surface area contributed by atoms with Crippen LogP contribution in [0.3, 0.4) is 0 Å². The fourth-order valence-electron chi connectivity index (χ4n) is 1.99. The molecule has 0 nitrogen and oxygen atoms in total. The molecule has 0 saturated carbocycles. The molecule has 0 aliphatic heterocycles. The van der Waals surface area contributed by atoms with Gasteiger partial charge in [-0.2, -0.15) is 0 Å². The Morgan fingerprint density at radius 2 is 1.57 bits per heavy atom. The molecule has 0 unspecified atom stereocenters. The molecule has 0 rings (SSSR count). The van der Waals surface area contributed by atoms with E-state index in [-0.39, 0.29) is 5.41 Å². The number of allylic oxidation sites excluding steroid dienone is 1. The van der Waals surface area contributed by atoms with E-state index in [0.29, 0.717) is 0 Å². The molecule has 0 spiro atoms. The van der Waals surface area contributed by atoms with Gasteiger partial charge in [0.2, 0.25) is 0 Å². The molecule has 0 atom stereocenters. The molecule has 0 N–H and O–H groups in total. The van der Waals surface area contributed by atoms with Crippen LogP contribution in [0, 0.1) is 5.41 Å². The Morgan fingerprint density at radius 3 is 1.86 bits per heavy atom. The van der Waals surface area contributed by atoms with Gasteiger partial charge in [-0.25, -0.2) is 0 Å². The van der Waals surface area contributed by atoms with Crippen LogP contribution in [0.2, 0.25) is 5.21 Å². The highest BCUT2D eigenvalue weighted by Crippen LogP contribution is 2.44. The SMILES string of the molecule is [B]C([B])(CC)CC(CC)(CC)CC=C. The lowest BCUT2D eigenvalue weighted by Gasteiger charge is -2.39. The standard InChI is InChI=1S/C12H22B2/c1-5-9-11(6-2,7-3)10-12(13,14)8-4/h5H,1,6-10H2,2-4H3. The summed E-state index contributed by atoms with van der Waals surface area (Å²) in [5.41, 5.74) is 0.251. The van der Waals surface area contributed by atoms with Gasteiger partial charge >= 0.3 is 0 Å². The third kappa shape index (κ3) is 3.94. The minimum atomic E-state index is -0.519. The van der Waals surface area contributed by atoms with Crippen LogP contribution in [0.4, 0.5) is 0 Å². The van der Waals surface area contributed by atoms with Crippen molar-refractivity contribution in [2.24, 2.45) is 5.41 Å². The minimum Gasteiger partial charge on any atom is -0.103 e. The quantitative estimate of drug-likeness (QED) is 0.422. The van der Waals surface area contributed by atoms with E-state index in [0.717, 1.165) is 32.1 Å². The van der Waals surface area contributed by atoms with Crippen LogP contribution >= 0.6 is 0 Å². The van der Waals surface area contributed by atoms with E-state index in [2.05, 4.69) is 20.4 Å². The van der Waals surface area contributed by atoms with Crippen LogP contribution < -0.4 is 0 Å². The summed E-state index contributed by atoms with van der Waals surface area (Å²) in [5.74, 6) is 0. The molecule has 14 heavy (non-hydrogen) atoms. The van der Waals surface area contributed by atoms with E-state index in [1.165, 1.54) is 0 Å². The Hall–Kier alpha value is -0.130. The van der Waals surface area contributed by atoms with Gasteiger partial charge in [0.1, 0.15) is 0 Å². The van der Waals surface area contributed by atoms with Crippen molar-refractivity contribution < 1.29 is 0 Å². The summed E-state index contributed by atoms with van der Waals surface area (Å²) in [7, 11) is 12.1. The van der Waals surface area contributed by atoms with Gasteiger partial charge < -0.3 is 0 Å². The van der Waals surface area contributed by atoms with Crippen molar-refractivity contribution in [1.82, 2.24) is 0 Å². The summed E-state index contributed by atoms with van der Waals surface area (Å²) >= 11 is 0. The van der Waals surface area contributed by atoms with Crippen LogP contribution in [0.25, 0.3) is 0 Å². The second-order valence-electron chi connectivity index (χ2n) is 4.46. The average molecular weight is 188 g/mol. The maximum Gasteiger partial charge on any atom is 0.0620 e. The van der Waals surface area contributed by atoms with Crippen molar-refractivity contribution in [3.05, 3.63) is 12.7 Å². The predicted molar refractivity (Wildman–Crippen MR) is 66.9 cm³/mol. The average Bonchev–Trinajstić information content (AvgIpc) is 2.17. The van der Waals surface area contributed by atoms with E-state index in [1.54, 1.807) is 0 Å². The van der Waals surface area contributed by atoms with E-state index in [1.807, 2.05) is 13.0 Å². The second-order valence-corrected chi connectivity index (χ2v) is 4.46. The molecule has 0 saturated heterocycles. The van der Waals surface area contributed by atoms with Crippen LogP contribution in [-0.4, -0.2) is 15.7 Å². The Bertz CT molecular complexity index is 169. The molecule has 0 aliphatic carbocycles. The Kier molecular flexibility index (Phi) is 5.63. The molecular weight excluding hydrogens is 166 g/mol. The molecule has 0 aromatic carbocycles. The third-order valence-electron chi connectivity index (χ3n) is 3.44. The van der Waals surface area contributed by atoms with Gasteiger partial charge in [-0.1, -0.05) is 57.7 Å². The zero-order chi connectivity index (χ0) is 11.2. The molecule has 4 radical (unpaired) electrons.